The van der Waals surface area contributed by atoms with E-state index in [0.29, 0.717) is 17.0 Å². The van der Waals surface area contributed by atoms with Crippen LogP contribution in [0, 0.1) is 28.4 Å². The van der Waals surface area contributed by atoms with Gasteiger partial charge in [-0.1, -0.05) is 6.07 Å². The quantitative estimate of drug-likeness (QED) is 0.575. The van der Waals surface area contributed by atoms with Gasteiger partial charge in [-0.05, 0) is 18.6 Å². The standard InChI is InChI=1S/C16H14N4O5S/c1-11-2-4-13(20(21)22)6-15(11)26(23,24)19-9-14(10-19)25-16-5-3-12(7-17)8-18-16/h2-6,8,14H,9-10H2,1H3. The van der Waals surface area contributed by atoms with E-state index in [9.17, 15) is 18.5 Å². The minimum Gasteiger partial charge on any atom is -0.472 e. The van der Waals surface area contributed by atoms with Crippen LogP contribution in [0.5, 0.6) is 5.88 Å². The molecule has 26 heavy (non-hydrogen) atoms. The summed E-state index contributed by atoms with van der Waals surface area (Å²) in [5, 5.41) is 19.6. The van der Waals surface area contributed by atoms with Crippen LogP contribution in [-0.2, 0) is 10.0 Å². The number of nitriles is 1. The molecule has 0 spiro atoms. The van der Waals surface area contributed by atoms with E-state index >= 15 is 0 Å². The van der Waals surface area contributed by atoms with Crippen molar-refractivity contribution in [3.05, 3.63) is 57.8 Å². The Balaban J connectivity index is 1.70. The molecule has 0 unspecified atom stereocenters. The zero-order valence-corrected chi connectivity index (χ0v) is 14.5. The highest BCUT2D eigenvalue weighted by Gasteiger charge is 2.39. The zero-order chi connectivity index (χ0) is 18.9. The van der Waals surface area contributed by atoms with Crippen molar-refractivity contribution < 1.29 is 18.1 Å². The summed E-state index contributed by atoms with van der Waals surface area (Å²) in [5.41, 5.74) is 0.564. The van der Waals surface area contributed by atoms with E-state index in [2.05, 4.69) is 4.98 Å². The number of nitro groups is 1. The molecule has 1 fully saturated rings. The molecule has 1 aromatic carbocycles. The lowest BCUT2D eigenvalue weighted by Crippen LogP contribution is -2.56. The Bertz CT molecular complexity index is 992. The van der Waals surface area contributed by atoms with Gasteiger partial charge in [-0.25, -0.2) is 13.4 Å². The third-order valence-electron chi connectivity index (χ3n) is 3.97. The monoisotopic (exact) mass is 374 g/mol. The molecular formula is C16H14N4O5S. The molecule has 1 saturated heterocycles. The first-order valence-corrected chi connectivity index (χ1v) is 9.03. The Morgan fingerprint density at radius 2 is 2.08 bits per heavy atom. The van der Waals surface area contributed by atoms with Gasteiger partial charge in [0.25, 0.3) is 5.69 Å². The number of aryl methyl sites for hydroxylation is 1. The first kappa shape index (κ1) is 17.8. The van der Waals surface area contributed by atoms with Crippen LogP contribution in [-0.4, -0.2) is 41.8 Å². The molecular weight excluding hydrogens is 360 g/mol. The second-order valence-corrected chi connectivity index (χ2v) is 7.67. The second kappa shape index (κ2) is 6.70. The predicted octanol–water partition coefficient (Wildman–Crippen LogP) is 1.62. The van der Waals surface area contributed by atoms with Crippen molar-refractivity contribution in [1.29, 1.82) is 5.26 Å². The molecule has 1 aromatic heterocycles. The number of hydrogen-bond donors (Lipinski definition) is 0. The van der Waals surface area contributed by atoms with Crippen molar-refractivity contribution >= 4 is 15.7 Å². The number of non-ortho nitro benzene ring substituents is 1. The van der Waals surface area contributed by atoms with Crippen LogP contribution in [0.2, 0.25) is 0 Å². The van der Waals surface area contributed by atoms with Gasteiger partial charge < -0.3 is 4.74 Å². The summed E-state index contributed by atoms with van der Waals surface area (Å²) >= 11 is 0. The average molecular weight is 374 g/mol. The van der Waals surface area contributed by atoms with Crippen molar-refractivity contribution in [2.24, 2.45) is 0 Å². The van der Waals surface area contributed by atoms with E-state index in [1.165, 1.54) is 22.6 Å². The number of sulfonamides is 1. The van der Waals surface area contributed by atoms with Gasteiger partial charge in [0, 0.05) is 24.4 Å². The molecule has 0 N–H and O–H groups in total. The highest BCUT2D eigenvalue weighted by Crippen LogP contribution is 2.28. The number of aromatic nitrogens is 1. The number of hydrogen-bond acceptors (Lipinski definition) is 7. The number of nitrogens with zero attached hydrogens (tertiary/aromatic N) is 4. The molecule has 1 aliphatic heterocycles. The van der Waals surface area contributed by atoms with Gasteiger partial charge in [0.05, 0.1) is 28.5 Å². The molecule has 0 saturated carbocycles. The Morgan fingerprint density at radius 1 is 1.35 bits per heavy atom. The van der Waals surface area contributed by atoms with Crippen LogP contribution in [0.4, 0.5) is 5.69 Å². The predicted molar refractivity (Wildman–Crippen MR) is 90.0 cm³/mol. The Hall–Kier alpha value is -3.03. The van der Waals surface area contributed by atoms with Crippen molar-refractivity contribution in [2.45, 2.75) is 17.9 Å². The molecule has 0 atom stereocenters. The third-order valence-corrected chi connectivity index (χ3v) is 5.94. The van der Waals surface area contributed by atoms with Crippen molar-refractivity contribution in [3.8, 4) is 11.9 Å². The summed E-state index contributed by atoms with van der Waals surface area (Å²) in [5.74, 6) is 0.303. The van der Waals surface area contributed by atoms with Gasteiger partial charge in [-0.3, -0.25) is 10.1 Å². The maximum atomic E-state index is 12.7. The van der Waals surface area contributed by atoms with Gasteiger partial charge in [0.1, 0.15) is 12.2 Å². The summed E-state index contributed by atoms with van der Waals surface area (Å²) in [4.78, 5) is 14.2. The fourth-order valence-corrected chi connectivity index (χ4v) is 4.23. The lowest BCUT2D eigenvalue weighted by atomic mass is 10.2. The third kappa shape index (κ3) is 3.35. The summed E-state index contributed by atoms with van der Waals surface area (Å²) in [6, 6.07) is 8.80. The van der Waals surface area contributed by atoms with Crippen LogP contribution >= 0.6 is 0 Å². The van der Waals surface area contributed by atoms with Gasteiger partial charge >= 0.3 is 0 Å². The van der Waals surface area contributed by atoms with Crippen LogP contribution in [0.3, 0.4) is 0 Å². The molecule has 0 aliphatic carbocycles. The molecule has 0 amide bonds. The highest BCUT2D eigenvalue weighted by atomic mass is 32.2. The normalized spacial score (nSPS) is 15.1. The number of rotatable bonds is 5. The number of pyridine rings is 1. The van der Waals surface area contributed by atoms with Crippen LogP contribution in [0.1, 0.15) is 11.1 Å². The largest absolute Gasteiger partial charge is 0.472 e. The molecule has 1 aliphatic rings. The molecule has 3 rings (SSSR count). The van der Waals surface area contributed by atoms with Crippen molar-refractivity contribution in [2.75, 3.05) is 13.1 Å². The Labute approximate surface area is 149 Å². The molecule has 2 heterocycles. The van der Waals surface area contributed by atoms with E-state index < -0.39 is 14.9 Å². The maximum Gasteiger partial charge on any atom is 0.270 e. The molecule has 2 aromatic rings. The molecule has 9 nitrogen and oxygen atoms in total. The number of nitro benzene ring substituents is 1. The maximum absolute atomic E-state index is 12.7. The van der Waals surface area contributed by atoms with E-state index in [1.54, 1.807) is 19.1 Å². The average Bonchev–Trinajstić information content (AvgIpc) is 2.58. The molecule has 134 valence electrons. The van der Waals surface area contributed by atoms with Crippen LogP contribution in [0.25, 0.3) is 0 Å². The van der Waals surface area contributed by atoms with Crippen molar-refractivity contribution in [1.82, 2.24) is 9.29 Å². The van der Waals surface area contributed by atoms with Gasteiger partial charge in [-0.15, -0.1) is 0 Å². The molecule has 0 bridgehead atoms. The number of ether oxygens (including phenoxy) is 1. The fourth-order valence-electron chi connectivity index (χ4n) is 2.48. The molecule has 0 radical (unpaired) electrons. The first-order valence-electron chi connectivity index (χ1n) is 7.59. The van der Waals surface area contributed by atoms with Gasteiger partial charge in [0.2, 0.25) is 15.9 Å². The Kier molecular flexibility index (Phi) is 4.58. The van der Waals surface area contributed by atoms with E-state index in [0.717, 1.165) is 6.07 Å². The summed E-state index contributed by atoms with van der Waals surface area (Å²) in [6.07, 6.45) is 0.999. The SMILES string of the molecule is Cc1ccc([N+](=O)[O-])cc1S(=O)(=O)N1CC(Oc2ccc(C#N)cn2)C1. The van der Waals surface area contributed by atoms with Crippen LogP contribution in [0.15, 0.2) is 41.4 Å². The van der Waals surface area contributed by atoms with Gasteiger partial charge in [0.15, 0.2) is 0 Å². The summed E-state index contributed by atoms with van der Waals surface area (Å²) in [7, 11) is -3.84. The van der Waals surface area contributed by atoms with E-state index in [4.69, 9.17) is 10.00 Å². The molecule has 10 heteroatoms. The lowest BCUT2D eigenvalue weighted by molar-refractivity contribution is -0.385. The lowest BCUT2D eigenvalue weighted by Gasteiger charge is -2.37. The number of benzene rings is 1. The minimum atomic E-state index is -3.84. The van der Waals surface area contributed by atoms with E-state index in [-0.39, 0.29) is 29.8 Å². The fraction of sp³-hybridized carbons (Fsp3) is 0.250. The second-order valence-electron chi connectivity index (χ2n) is 5.77. The minimum absolute atomic E-state index is 0.0818. The first-order chi connectivity index (χ1) is 12.3. The highest BCUT2D eigenvalue weighted by molar-refractivity contribution is 7.89. The van der Waals surface area contributed by atoms with Crippen LogP contribution < -0.4 is 4.74 Å². The Morgan fingerprint density at radius 3 is 2.65 bits per heavy atom. The van der Waals surface area contributed by atoms with Gasteiger partial charge in [-0.2, -0.15) is 9.57 Å². The topological polar surface area (TPSA) is 126 Å². The summed E-state index contributed by atoms with van der Waals surface area (Å²) < 4.78 is 32.1. The van der Waals surface area contributed by atoms with E-state index in [1.807, 2.05) is 6.07 Å². The zero-order valence-electron chi connectivity index (χ0n) is 13.7. The van der Waals surface area contributed by atoms with Crippen molar-refractivity contribution in [3.63, 3.8) is 0 Å². The smallest absolute Gasteiger partial charge is 0.270 e. The summed E-state index contributed by atoms with van der Waals surface area (Å²) in [6.45, 7) is 1.82.